The van der Waals surface area contributed by atoms with Crippen LogP contribution in [0.15, 0.2) is 16.6 Å². The van der Waals surface area contributed by atoms with Gasteiger partial charge in [-0.2, -0.15) is 0 Å². The summed E-state index contributed by atoms with van der Waals surface area (Å²) < 4.78 is 0.874. The number of fused-ring (bicyclic) bond motifs is 1. The van der Waals surface area contributed by atoms with Crippen molar-refractivity contribution in [1.82, 2.24) is 5.32 Å². The van der Waals surface area contributed by atoms with Gasteiger partial charge < -0.3 is 15.7 Å². The molecule has 0 aliphatic heterocycles. The van der Waals surface area contributed by atoms with E-state index in [1.807, 2.05) is 6.07 Å². The molecule has 0 saturated carbocycles. The molecular weight excluding hydrogens is 324 g/mol. The normalized spacial score (nSPS) is 12.8. The number of rotatable bonds is 5. The Labute approximate surface area is 125 Å². The first kappa shape index (κ1) is 14.8. The molecule has 20 heavy (non-hydrogen) atoms. The number of hydrogen-bond donors (Lipinski definition) is 3. The van der Waals surface area contributed by atoms with Crippen LogP contribution in [-0.2, 0) is 17.6 Å². The predicted octanol–water partition coefficient (Wildman–Crippen LogP) is 2.92. The fourth-order valence-electron chi connectivity index (χ4n) is 2.30. The van der Waals surface area contributed by atoms with Crippen LogP contribution >= 0.6 is 15.9 Å². The molecule has 3 N–H and O–H groups in total. The molecule has 0 bridgehead atoms. The third-order valence-corrected chi connectivity index (χ3v) is 3.94. The van der Waals surface area contributed by atoms with Crippen LogP contribution in [0.2, 0.25) is 0 Å². The average Bonchev–Trinajstić information content (AvgIpc) is 2.82. The van der Waals surface area contributed by atoms with Crippen LogP contribution in [0.4, 0.5) is 10.5 Å². The van der Waals surface area contributed by atoms with Crippen molar-refractivity contribution in [1.29, 1.82) is 0 Å². The Morgan fingerprint density at radius 2 is 1.95 bits per heavy atom. The van der Waals surface area contributed by atoms with Gasteiger partial charge in [0.1, 0.15) is 0 Å². The van der Waals surface area contributed by atoms with Gasteiger partial charge in [-0.05, 0) is 64.9 Å². The van der Waals surface area contributed by atoms with E-state index in [2.05, 4.69) is 32.6 Å². The van der Waals surface area contributed by atoms with E-state index in [9.17, 15) is 9.59 Å². The van der Waals surface area contributed by atoms with E-state index in [0.717, 1.165) is 29.4 Å². The highest BCUT2D eigenvalue weighted by Gasteiger charge is 2.14. The molecule has 0 unspecified atom stereocenters. The number of aliphatic carboxylic acids is 1. The lowest BCUT2D eigenvalue weighted by Crippen LogP contribution is -2.30. The second-order valence-corrected chi connectivity index (χ2v) is 5.69. The molecule has 0 heterocycles. The largest absolute Gasteiger partial charge is 0.481 e. The van der Waals surface area contributed by atoms with E-state index in [1.54, 1.807) is 0 Å². The second-order valence-electron chi connectivity index (χ2n) is 4.83. The Hall–Kier alpha value is -1.56. The number of nitrogens with one attached hydrogen (secondary N) is 2. The van der Waals surface area contributed by atoms with E-state index >= 15 is 0 Å². The Balaban J connectivity index is 1.86. The molecule has 1 aromatic rings. The summed E-state index contributed by atoms with van der Waals surface area (Å²) in [6.07, 6.45) is 3.79. The summed E-state index contributed by atoms with van der Waals surface area (Å²) in [5.74, 6) is -0.853. The SMILES string of the molecule is O=C(O)CCCNC(=O)Nc1cc2c(cc1Br)CCC2. The molecule has 0 saturated heterocycles. The summed E-state index contributed by atoms with van der Waals surface area (Å²) in [6, 6.07) is 3.75. The quantitative estimate of drug-likeness (QED) is 0.721. The highest BCUT2D eigenvalue weighted by Crippen LogP contribution is 2.31. The summed E-state index contributed by atoms with van der Waals surface area (Å²) >= 11 is 3.46. The maximum Gasteiger partial charge on any atom is 0.319 e. The summed E-state index contributed by atoms with van der Waals surface area (Å²) in [4.78, 5) is 22.1. The van der Waals surface area contributed by atoms with Crippen molar-refractivity contribution in [2.45, 2.75) is 32.1 Å². The lowest BCUT2D eigenvalue weighted by molar-refractivity contribution is -0.137. The molecule has 1 aliphatic carbocycles. The number of carbonyl (C=O) groups is 2. The van der Waals surface area contributed by atoms with Crippen LogP contribution in [0, 0.1) is 0 Å². The van der Waals surface area contributed by atoms with Gasteiger partial charge in [-0.25, -0.2) is 4.79 Å². The van der Waals surface area contributed by atoms with Gasteiger partial charge in [-0.1, -0.05) is 0 Å². The lowest BCUT2D eigenvalue weighted by atomic mass is 10.1. The van der Waals surface area contributed by atoms with Gasteiger partial charge in [0, 0.05) is 17.4 Å². The van der Waals surface area contributed by atoms with Crippen LogP contribution in [0.25, 0.3) is 0 Å². The van der Waals surface area contributed by atoms with Gasteiger partial charge >= 0.3 is 12.0 Å². The molecule has 5 nitrogen and oxygen atoms in total. The molecule has 2 amide bonds. The van der Waals surface area contributed by atoms with E-state index < -0.39 is 5.97 Å². The first-order chi connectivity index (χ1) is 9.56. The van der Waals surface area contributed by atoms with Gasteiger partial charge in [0.25, 0.3) is 0 Å². The van der Waals surface area contributed by atoms with Gasteiger partial charge in [-0.15, -0.1) is 0 Å². The zero-order chi connectivity index (χ0) is 14.5. The highest BCUT2D eigenvalue weighted by atomic mass is 79.9. The fraction of sp³-hybridized carbons (Fsp3) is 0.429. The predicted molar refractivity (Wildman–Crippen MR) is 80.1 cm³/mol. The molecule has 0 spiro atoms. The van der Waals surface area contributed by atoms with Crippen LogP contribution in [0.5, 0.6) is 0 Å². The van der Waals surface area contributed by atoms with Gasteiger partial charge in [0.2, 0.25) is 0 Å². The number of hydrogen-bond acceptors (Lipinski definition) is 2. The number of benzene rings is 1. The molecule has 2 rings (SSSR count). The fourth-order valence-corrected chi connectivity index (χ4v) is 2.79. The number of carboxylic acids is 1. The van der Waals surface area contributed by atoms with Crippen molar-refractivity contribution in [2.75, 3.05) is 11.9 Å². The standard InChI is InChI=1S/C14H17BrN2O3/c15-11-7-9-3-1-4-10(9)8-12(11)17-14(20)16-6-2-5-13(18)19/h7-8H,1-6H2,(H,18,19)(H2,16,17,20). The maximum absolute atomic E-state index is 11.7. The highest BCUT2D eigenvalue weighted by molar-refractivity contribution is 9.10. The van der Waals surface area contributed by atoms with E-state index in [-0.39, 0.29) is 12.5 Å². The summed E-state index contributed by atoms with van der Waals surface area (Å²) in [5.41, 5.74) is 3.38. The van der Waals surface area contributed by atoms with Gasteiger partial charge in [-0.3, -0.25) is 4.79 Å². The lowest BCUT2D eigenvalue weighted by Gasteiger charge is -2.11. The van der Waals surface area contributed by atoms with Crippen molar-refractivity contribution < 1.29 is 14.7 Å². The minimum Gasteiger partial charge on any atom is -0.481 e. The number of carboxylic acid groups (broad SMARTS) is 1. The summed E-state index contributed by atoms with van der Waals surface area (Å²) in [6.45, 7) is 0.348. The topological polar surface area (TPSA) is 78.4 Å². The van der Waals surface area contributed by atoms with Crippen LogP contribution in [0.3, 0.4) is 0 Å². The Bertz CT molecular complexity index is 531. The van der Waals surface area contributed by atoms with Crippen LogP contribution in [0.1, 0.15) is 30.4 Å². The van der Waals surface area contributed by atoms with Crippen molar-refractivity contribution in [3.05, 3.63) is 27.7 Å². The molecule has 108 valence electrons. The van der Waals surface area contributed by atoms with Crippen molar-refractivity contribution in [2.24, 2.45) is 0 Å². The molecule has 6 heteroatoms. The first-order valence-corrected chi connectivity index (χ1v) is 7.43. The maximum atomic E-state index is 11.7. The zero-order valence-corrected chi connectivity index (χ0v) is 12.6. The third-order valence-electron chi connectivity index (χ3n) is 3.28. The molecule has 1 aromatic carbocycles. The molecular formula is C14H17BrN2O3. The second kappa shape index (κ2) is 6.74. The van der Waals surface area contributed by atoms with Crippen LogP contribution in [-0.4, -0.2) is 23.7 Å². The monoisotopic (exact) mass is 340 g/mol. The number of aryl methyl sites for hydroxylation is 2. The van der Waals surface area contributed by atoms with Gasteiger partial charge in [0.15, 0.2) is 0 Å². The molecule has 0 aromatic heterocycles. The van der Waals surface area contributed by atoms with E-state index in [1.165, 1.54) is 11.1 Å². The van der Waals surface area contributed by atoms with Crippen LogP contribution < -0.4 is 10.6 Å². The number of halogens is 1. The number of carbonyl (C=O) groups excluding carboxylic acids is 1. The Morgan fingerprint density at radius 1 is 1.25 bits per heavy atom. The minimum atomic E-state index is -0.853. The van der Waals surface area contributed by atoms with Crippen molar-refractivity contribution >= 4 is 33.6 Å². The molecule has 0 fully saturated rings. The Morgan fingerprint density at radius 3 is 2.65 bits per heavy atom. The van der Waals surface area contributed by atoms with Crippen molar-refractivity contribution in [3.63, 3.8) is 0 Å². The Kier molecular flexibility index (Phi) is 5.00. The van der Waals surface area contributed by atoms with Crippen molar-refractivity contribution in [3.8, 4) is 0 Å². The summed E-state index contributed by atoms with van der Waals surface area (Å²) in [7, 11) is 0. The molecule has 1 aliphatic rings. The average molecular weight is 341 g/mol. The third kappa shape index (κ3) is 3.96. The smallest absolute Gasteiger partial charge is 0.319 e. The number of amides is 2. The molecule has 0 atom stereocenters. The zero-order valence-electron chi connectivity index (χ0n) is 11.0. The number of anilines is 1. The molecule has 0 radical (unpaired) electrons. The minimum absolute atomic E-state index is 0.0584. The summed E-state index contributed by atoms with van der Waals surface area (Å²) in [5, 5.41) is 13.9. The van der Waals surface area contributed by atoms with E-state index in [4.69, 9.17) is 5.11 Å². The first-order valence-electron chi connectivity index (χ1n) is 6.64. The number of urea groups is 1. The van der Waals surface area contributed by atoms with Gasteiger partial charge in [0.05, 0.1) is 5.69 Å². The van der Waals surface area contributed by atoms with E-state index in [0.29, 0.717) is 13.0 Å².